The van der Waals surface area contributed by atoms with Crippen molar-refractivity contribution in [1.82, 2.24) is 19.5 Å². The van der Waals surface area contributed by atoms with Crippen LogP contribution in [-0.4, -0.2) is 56.4 Å². The molecule has 0 aliphatic carbocycles. The van der Waals surface area contributed by atoms with Crippen LogP contribution in [0.15, 0.2) is 42.7 Å². The summed E-state index contributed by atoms with van der Waals surface area (Å²) < 4.78 is 7.37. The Morgan fingerprint density at radius 2 is 1.97 bits per heavy atom. The molecule has 3 aliphatic rings. The Hall–Kier alpha value is -2.80. The van der Waals surface area contributed by atoms with Gasteiger partial charge in [0, 0.05) is 29.9 Å². The number of ether oxygens (including phenoxy) is 1. The lowest BCUT2D eigenvalue weighted by molar-refractivity contribution is -0.0380. The monoisotopic (exact) mass is 425 g/mol. The van der Waals surface area contributed by atoms with E-state index in [1.165, 1.54) is 0 Å². The van der Waals surface area contributed by atoms with Crippen LogP contribution in [0.5, 0.6) is 0 Å². The number of carbonyl (C=O) groups excluding carboxylic acids is 1. The molecule has 0 saturated carbocycles. The zero-order chi connectivity index (χ0) is 21.0. The van der Waals surface area contributed by atoms with E-state index in [0.717, 1.165) is 42.1 Å². The minimum absolute atomic E-state index is 0.167. The molecule has 0 N–H and O–H groups in total. The van der Waals surface area contributed by atoms with Crippen molar-refractivity contribution in [3.05, 3.63) is 47.7 Å². The fraction of sp³-hybridized carbons (Fsp3) is 0.409. The van der Waals surface area contributed by atoms with E-state index in [0.29, 0.717) is 5.02 Å². The van der Waals surface area contributed by atoms with Crippen LogP contribution in [0.1, 0.15) is 27.2 Å². The van der Waals surface area contributed by atoms with Crippen molar-refractivity contribution in [3.8, 4) is 11.3 Å². The molecule has 1 amide bonds. The number of halogens is 1. The number of hydrogen-bond donors (Lipinski definition) is 0. The predicted octanol–water partition coefficient (Wildman–Crippen LogP) is 4.25. The summed E-state index contributed by atoms with van der Waals surface area (Å²) in [5, 5.41) is 5.07. The third-order valence-corrected chi connectivity index (χ3v) is 5.85. The maximum atomic E-state index is 12.5. The number of piperidine rings is 1. The molecule has 3 saturated heterocycles. The van der Waals surface area contributed by atoms with Crippen LogP contribution in [-0.2, 0) is 4.74 Å². The minimum atomic E-state index is -0.478. The Kier molecular flexibility index (Phi) is 4.39. The van der Waals surface area contributed by atoms with Crippen LogP contribution in [0.3, 0.4) is 0 Å². The first kappa shape index (κ1) is 19.2. The largest absolute Gasteiger partial charge is 0.444 e. The smallest absolute Gasteiger partial charge is 0.410 e. The average molecular weight is 426 g/mol. The first-order valence-electron chi connectivity index (χ1n) is 10.1. The normalized spacial score (nSPS) is 20.9. The lowest BCUT2D eigenvalue weighted by Gasteiger charge is -2.56. The van der Waals surface area contributed by atoms with Gasteiger partial charge in [-0.1, -0.05) is 17.7 Å². The van der Waals surface area contributed by atoms with E-state index in [1.54, 1.807) is 4.52 Å². The third-order valence-electron chi connectivity index (χ3n) is 5.62. The van der Waals surface area contributed by atoms with Crippen LogP contribution in [0.4, 0.5) is 10.6 Å². The summed E-state index contributed by atoms with van der Waals surface area (Å²) in [5.74, 6) is 0.910. The molecule has 3 aromatic rings. The van der Waals surface area contributed by atoms with Gasteiger partial charge >= 0.3 is 6.09 Å². The third kappa shape index (κ3) is 3.37. The van der Waals surface area contributed by atoms with Gasteiger partial charge in [0.05, 0.1) is 29.5 Å². The van der Waals surface area contributed by atoms with Gasteiger partial charge in [0.1, 0.15) is 11.4 Å². The SMILES string of the molecule is CC(C)(C)OC(=O)N1C2CC1CN(c1cccc(-c3cnn4ccc(Cl)cc34)n1)C2. The molecule has 2 atom stereocenters. The molecule has 0 radical (unpaired) electrons. The summed E-state index contributed by atoms with van der Waals surface area (Å²) >= 11 is 6.18. The Morgan fingerprint density at radius 3 is 2.70 bits per heavy atom. The number of nitrogens with zero attached hydrogens (tertiary/aromatic N) is 5. The van der Waals surface area contributed by atoms with E-state index in [9.17, 15) is 4.79 Å². The van der Waals surface area contributed by atoms with E-state index in [4.69, 9.17) is 21.3 Å². The van der Waals surface area contributed by atoms with Crippen LogP contribution in [0, 0.1) is 0 Å². The first-order chi connectivity index (χ1) is 14.3. The highest BCUT2D eigenvalue weighted by atomic mass is 35.5. The number of pyridine rings is 2. The van der Waals surface area contributed by atoms with Crippen molar-refractivity contribution in [2.45, 2.75) is 44.9 Å². The van der Waals surface area contributed by atoms with Gasteiger partial charge in [-0.05, 0) is 51.5 Å². The fourth-order valence-electron chi connectivity index (χ4n) is 4.31. The van der Waals surface area contributed by atoms with Gasteiger partial charge in [-0.2, -0.15) is 5.10 Å². The summed E-state index contributed by atoms with van der Waals surface area (Å²) in [4.78, 5) is 21.5. The van der Waals surface area contributed by atoms with E-state index >= 15 is 0 Å². The maximum Gasteiger partial charge on any atom is 0.410 e. The lowest BCUT2D eigenvalue weighted by Crippen LogP contribution is -2.70. The molecular weight excluding hydrogens is 402 g/mol. The Labute approximate surface area is 180 Å². The number of carbonyl (C=O) groups is 1. The first-order valence-corrected chi connectivity index (χ1v) is 10.5. The number of fused-ring (bicyclic) bond motifs is 3. The Bertz CT molecular complexity index is 1110. The molecule has 7 nitrogen and oxygen atoms in total. The van der Waals surface area contributed by atoms with E-state index in [2.05, 4.69) is 10.00 Å². The molecule has 2 bridgehead atoms. The highest BCUT2D eigenvalue weighted by Gasteiger charge is 2.49. The van der Waals surface area contributed by atoms with Gasteiger partial charge in [0.25, 0.3) is 0 Å². The van der Waals surface area contributed by atoms with Crippen LogP contribution in [0.2, 0.25) is 5.02 Å². The Balaban J connectivity index is 1.36. The highest BCUT2D eigenvalue weighted by molar-refractivity contribution is 6.31. The van der Waals surface area contributed by atoms with Crippen molar-refractivity contribution in [2.24, 2.45) is 0 Å². The molecule has 0 spiro atoms. The summed E-state index contributed by atoms with van der Waals surface area (Å²) in [6, 6.07) is 10.1. The second kappa shape index (κ2) is 6.87. The van der Waals surface area contributed by atoms with E-state index in [-0.39, 0.29) is 18.2 Å². The predicted molar refractivity (Wildman–Crippen MR) is 116 cm³/mol. The number of aromatic nitrogens is 3. The fourth-order valence-corrected chi connectivity index (χ4v) is 4.47. The molecule has 2 unspecified atom stereocenters. The minimum Gasteiger partial charge on any atom is -0.444 e. The number of rotatable bonds is 2. The van der Waals surface area contributed by atoms with Crippen LogP contribution < -0.4 is 4.90 Å². The standard InChI is InChI=1S/C22H24ClN5O2/c1-22(2,3)30-21(29)28-15-10-16(28)13-26(12-15)20-6-4-5-18(25-20)17-11-24-27-8-7-14(23)9-19(17)27/h4-9,11,15-16H,10,12-13H2,1-3H3. The molecule has 6 heterocycles. The number of piperazine rings is 1. The van der Waals surface area contributed by atoms with Gasteiger partial charge in [0.15, 0.2) is 0 Å². The number of hydrogen-bond acceptors (Lipinski definition) is 5. The van der Waals surface area contributed by atoms with Crippen molar-refractivity contribution >= 4 is 29.0 Å². The molecule has 8 heteroatoms. The average Bonchev–Trinajstić information content (AvgIpc) is 3.09. The van der Waals surface area contributed by atoms with Crippen LogP contribution >= 0.6 is 11.6 Å². The molecule has 3 aromatic heterocycles. The molecule has 0 aromatic carbocycles. The zero-order valence-electron chi connectivity index (χ0n) is 17.2. The molecule has 156 valence electrons. The highest BCUT2D eigenvalue weighted by Crippen LogP contribution is 2.36. The van der Waals surface area contributed by atoms with Crippen molar-refractivity contribution in [3.63, 3.8) is 0 Å². The van der Waals surface area contributed by atoms with Crippen molar-refractivity contribution in [1.29, 1.82) is 0 Å². The quantitative estimate of drug-likeness (QED) is 0.614. The molecule has 6 rings (SSSR count). The van der Waals surface area contributed by atoms with Gasteiger partial charge in [-0.3, -0.25) is 4.90 Å². The summed E-state index contributed by atoms with van der Waals surface area (Å²) in [6.07, 6.45) is 4.46. The molecule has 30 heavy (non-hydrogen) atoms. The summed E-state index contributed by atoms with van der Waals surface area (Å²) in [6.45, 7) is 7.21. The molecule has 3 aliphatic heterocycles. The van der Waals surface area contributed by atoms with Gasteiger partial charge in [-0.25, -0.2) is 14.3 Å². The summed E-state index contributed by atoms with van der Waals surface area (Å²) in [5.41, 5.74) is 2.24. The second-order valence-corrected chi connectivity index (χ2v) is 9.39. The van der Waals surface area contributed by atoms with Crippen LogP contribution in [0.25, 0.3) is 16.8 Å². The summed E-state index contributed by atoms with van der Waals surface area (Å²) in [7, 11) is 0. The van der Waals surface area contributed by atoms with Gasteiger partial charge < -0.3 is 9.64 Å². The van der Waals surface area contributed by atoms with E-state index in [1.807, 2.05) is 68.4 Å². The maximum absolute atomic E-state index is 12.5. The van der Waals surface area contributed by atoms with Crippen molar-refractivity contribution < 1.29 is 9.53 Å². The van der Waals surface area contributed by atoms with Gasteiger partial charge in [-0.15, -0.1) is 0 Å². The number of anilines is 1. The molecule has 3 fully saturated rings. The lowest BCUT2D eigenvalue weighted by atomic mass is 9.88. The number of amides is 1. The van der Waals surface area contributed by atoms with E-state index < -0.39 is 5.60 Å². The Morgan fingerprint density at radius 1 is 1.20 bits per heavy atom. The second-order valence-electron chi connectivity index (χ2n) is 8.95. The molecular formula is C22H24ClN5O2. The van der Waals surface area contributed by atoms with Crippen molar-refractivity contribution in [2.75, 3.05) is 18.0 Å². The topological polar surface area (TPSA) is 63.0 Å². The zero-order valence-corrected chi connectivity index (χ0v) is 18.0. The van der Waals surface area contributed by atoms with Gasteiger partial charge in [0.2, 0.25) is 0 Å².